The molecular weight excluding hydrogens is 264 g/mol. The number of piperazine rings is 1. The van der Waals surface area contributed by atoms with Gasteiger partial charge in [0.05, 0.1) is 6.61 Å². The Balaban J connectivity index is 1.68. The Bertz CT molecular complexity index is 594. The Morgan fingerprint density at radius 3 is 2.33 bits per heavy atom. The van der Waals surface area contributed by atoms with Crippen LogP contribution in [0.25, 0.3) is 0 Å². The maximum Gasteiger partial charge on any atom is 0.225 e. The van der Waals surface area contributed by atoms with Gasteiger partial charge in [-0.15, -0.1) is 0 Å². The highest BCUT2D eigenvalue weighted by molar-refractivity contribution is 5.55. The van der Waals surface area contributed by atoms with Crippen molar-refractivity contribution < 1.29 is 5.11 Å². The topological polar surface area (TPSA) is 52.5 Å². The van der Waals surface area contributed by atoms with Gasteiger partial charge < -0.3 is 14.9 Å². The third-order valence-electron chi connectivity index (χ3n) is 3.90. The zero-order chi connectivity index (χ0) is 14.7. The summed E-state index contributed by atoms with van der Waals surface area (Å²) in [6, 6.07) is 8.00. The largest absolute Gasteiger partial charge is 0.392 e. The number of aromatic nitrogens is 2. The van der Waals surface area contributed by atoms with Crippen molar-refractivity contribution in [2.45, 2.75) is 13.5 Å². The summed E-state index contributed by atoms with van der Waals surface area (Å²) in [7, 11) is 0. The molecule has 1 saturated heterocycles. The molecule has 1 aromatic heterocycles. The molecule has 0 spiro atoms. The molecule has 0 unspecified atom stereocenters. The molecule has 21 heavy (non-hydrogen) atoms. The van der Waals surface area contributed by atoms with Crippen LogP contribution in [0.1, 0.15) is 11.1 Å². The summed E-state index contributed by atoms with van der Waals surface area (Å²) in [5.74, 6) is 0.810. The molecule has 3 rings (SSSR count). The molecule has 1 aromatic carbocycles. The first-order valence-corrected chi connectivity index (χ1v) is 7.25. The first-order chi connectivity index (χ1) is 10.3. The Labute approximate surface area is 124 Å². The molecule has 2 heterocycles. The van der Waals surface area contributed by atoms with E-state index >= 15 is 0 Å². The van der Waals surface area contributed by atoms with Crippen molar-refractivity contribution in [2.75, 3.05) is 36.0 Å². The van der Waals surface area contributed by atoms with Crippen molar-refractivity contribution in [3.05, 3.63) is 47.8 Å². The van der Waals surface area contributed by atoms with E-state index in [1.54, 1.807) is 12.4 Å². The summed E-state index contributed by atoms with van der Waals surface area (Å²) in [6.45, 7) is 5.95. The lowest BCUT2D eigenvalue weighted by Crippen LogP contribution is -2.47. The molecule has 0 bridgehead atoms. The van der Waals surface area contributed by atoms with Gasteiger partial charge in [-0.05, 0) is 30.2 Å². The predicted molar refractivity (Wildman–Crippen MR) is 83.6 cm³/mol. The Hall–Kier alpha value is -2.14. The molecule has 5 nitrogen and oxygen atoms in total. The summed E-state index contributed by atoms with van der Waals surface area (Å²) in [5, 5.41) is 9.19. The van der Waals surface area contributed by atoms with Crippen molar-refractivity contribution in [1.82, 2.24) is 9.97 Å². The van der Waals surface area contributed by atoms with Crippen LogP contribution in [-0.4, -0.2) is 41.3 Å². The summed E-state index contributed by atoms with van der Waals surface area (Å²) in [5.41, 5.74) is 3.43. The zero-order valence-corrected chi connectivity index (χ0v) is 12.2. The Morgan fingerprint density at radius 1 is 1.05 bits per heavy atom. The highest BCUT2D eigenvalue weighted by Gasteiger charge is 2.19. The van der Waals surface area contributed by atoms with E-state index in [0.29, 0.717) is 0 Å². The molecule has 2 aromatic rings. The number of aliphatic hydroxyl groups is 1. The lowest BCUT2D eigenvalue weighted by molar-refractivity contribution is 0.282. The van der Waals surface area contributed by atoms with Crippen molar-refractivity contribution in [1.29, 1.82) is 0 Å². The molecule has 110 valence electrons. The standard InChI is InChI=1S/C16H20N4O/c1-13-11-14(12-21)3-4-15(13)19-7-9-20(10-8-19)16-17-5-2-6-18-16/h2-6,11,21H,7-10,12H2,1H3. The summed E-state index contributed by atoms with van der Waals surface area (Å²) in [6.07, 6.45) is 3.57. The van der Waals surface area contributed by atoms with Crippen LogP contribution in [0.15, 0.2) is 36.7 Å². The first-order valence-electron chi connectivity index (χ1n) is 7.25. The van der Waals surface area contributed by atoms with E-state index in [0.717, 1.165) is 37.7 Å². The molecule has 0 atom stereocenters. The third kappa shape index (κ3) is 2.97. The lowest BCUT2D eigenvalue weighted by Gasteiger charge is -2.36. The Morgan fingerprint density at radius 2 is 1.71 bits per heavy atom. The van der Waals surface area contributed by atoms with E-state index in [1.807, 2.05) is 12.1 Å². The second-order valence-corrected chi connectivity index (χ2v) is 5.30. The highest BCUT2D eigenvalue weighted by Crippen LogP contribution is 2.23. The fourth-order valence-electron chi connectivity index (χ4n) is 2.77. The molecule has 0 saturated carbocycles. The normalized spacial score (nSPS) is 15.3. The highest BCUT2D eigenvalue weighted by atomic mass is 16.3. The second kappa shape index (κ2) is 6.10. The van der Waals surface area contributed by atoms with E-state index in [1.165, 1.54) is 11.3 Å². The average Bonchev–Trinajstić information content (AvgIpc) is 2.56. The first kappa shape index (κ1) is 13.8. The smallest absolute Gasteiger partial charge is 0.225 e. The van der Waals surface area contributed by atoms with Gasteiger partial charge in [0.15, 0.2) is 0 Å². The summed E-state index contributed by atoms with van der Waals surface area (Å²) >= 11 is 0. The zero-order valence-electron chi connectivity index (χ0n) is 12.2. The van der Waals surface area contributed by atoms with Gasteiger partial charge in [0.2, 0.25) is 5.95 Å². The van der Waals surface area contributed by atoms with Crippen molar-refractivity contribution in [3.8, 4) is 0 Å². The van der Waals surface area contributed by atoms with Gasteiger partial charge in [0.1, 0.15) is 0 Å². The van der Waals surface area contributed by atoms with Crippen molar-refractivity contribution >= 4 is 11.6 Å². The maximum atomic E-state index is 9.19. The average molecular weight is 284 g/mol. The van der Waals surface area contributed by atoms with E-state index in [4.69, 9.17) is 0 Å². The number of nitrogens with zero attached hydrogens (tertiary/aromatic N) is 4. The van der Waals surface area contributed by atoms with Crippen LogP contribution in [0.2, 0.25) is 0 Å². The maximum absolute atomic E-state index is 9.19. The van der Waals surface area contributed by atoms with E-state index in [-0.39, 0.29) is 6.61 Å². The van der Waals surface area contributed by atoms with Crippen molar-refractivity contribution in [3.63, 3.8) is 0 Å². The van der Waals surface area contributed by atoms with E-state index < -0.39 is 0 Å². The lowest BCUT2D eigenvalue weighted by atomic mass is 10.1. The van der Waals surface area contributed by atoms with Crippen LogP contribution in [0.4, 0.5) is 11.6 Å². The molecule has 1 fully saturated rings. The minimum atomic E-state index is 0.0975. The van der Waals surface area contributed by atoms with Gasteiger partial charge in [0.25, 0.3) is 0 Å². The van der Waals surface area contributed by atoms with Crippen LogP contribution >= 0.6 is 0 Å². The predicted octanol–water partition coefficient (Wildman–Crippen LogP) is 1.60. The SMILES string of the molecule is Cc1cc(CO)ccc1N1CCN(c2ncccn2)CC1. The van der Waals surface area contributed by atoms with E-state index in [2.05, 4.69) is 38.8 Å². The van der Waals surface area contributed by atoms with Gasteiger partial charge >= 0.3 is 0 Å². The second-order valence-electron chi connectivity index (χ2n) is 5.30. The fourth-order valence-corrected chi connectivity index (χ4v) is 2.77. The van der Waals surface area contributed by atoms with Crippen LogP contribution in [0, 0.1) is 6.92 Å². The number of anilines is 2. The monoisotopic (exact) mass is 284 g/mol. The van der Waals surface area contributed by atoms with Crippen LogP contribution in [0.3, 0.4) is 0 Å². The fraction of sp³-hybridized carbons (Fsp3) is 0.375. The molecule has 0 aliphatic carbocycles. The molecular formula is C16H20N4O. The van der Waals surface area contributed by atoms with Gasteiger partial charge in [-0.2, -0.15) is 0 Å². The molecule has 5 heteroatoms. The number of rotatable bonds is 3. The third-order valence-corrected chi connectivity index (χ3v) is 3.90. The van der Waals surface area contributed by atoms with Crippen LogP contribution in [0.5, 0.6) is 0 Å². The minimum absolute atomic E-state index is 0.0975. The molecule has 0 radical (unpaired) electrons. The van der Waals surface area contributed by atoms with E-state index in [9.17, 15) is 5.11 Å². The number of benzene rings is 1. The molecule has 1 aliphatic rings. The minimum Gasteiger partial charge on any atom is -0.392 e. The molecule has 1 aliphatic heterocycles. The van der Waals surface area contributed by atoms with Crippen LogP contribution in [-0.2, 0) is 6.61 Å². The number of aliphatic hydroxyl groups excluding tert-OH is 1. The molecule has 0 amide bonds. The van der Waals surface area contributed by atoms with Gasteiger partial charge in [-0.3, -0.25) is 0 Å². The Kier molecular flexibility index (Phi) is 4.01. The number of aryl methyl sites for hydroxylation is 1. The van der Waals surface area contributed by atoms with Crippen molar-refractivity contribution in [2.24, 2.45) is 0 Å². The molecule has 1 N–H and O–H groups in total. The van der Waals surface area contributed by atoms with Gasteiger partial charge in [-0.1, -0.05) is 12.1 Å². The van der Waals surface area contributed by atoms with Crippen LogP contribution < -0.4 is 9.80 Å². The summed E-state index contributed by atoms with van der Waals surface area (Å²) in [4.78, 5) is 13.2. The number of hydrogen-bond acceptors (Lipinski definition) is 5. The number of hydrogen-bond donors (Lipinski definition) is 1. The van der Waals surface area contributed by atoms with Gasteiger partial charge in [-0.25, -0.2) is 9.97 Å². The van der Waals surface area contributed by atoms with Gasteiger partial charge in [0, 0.05) is 44.3 Å². The quantitative estimate of drug-likeness (QED) is 0.928. The summed E-state index contributed by atoms with van der Waals surface area (Å²) < 4.78 is 0.